The highest BCUT2D eigenvalue weighted by atomic mass is 32.1. The van der Waals surface area contributed by atoms with Crippen molar-refractivity contribution < 1.29 is 9.32 Å². The Bertz CT molecular complexity index is 613. The third kappa shape index (κ3) is 2.35. The summed E-state index contributed by atoms with van der Waals surface area (Å²) in [6.07, 6.45) is 2.38. The number of anilines is 1. The number of carbonyl (C=O) groups excluding carboxylic acids is 1. The molecule has 19 heavy (non-hydrogen) atoms. The Hall–Kier alpha value is -1.82. The second-order valence-corrected chi connectivity index (χ2v) is 5.77. The highest BCUT2D eigenvalue weighted by molar-refractivity contribution is 7.13. The average molecular weight is 277 g/mol. The summed E-state index contributed by atoms with van der Waals surface area (Å²) in [4.78, 5) is 13.1. The molecule has 1 fully saturated rings. The number of nitrogens with zero attached hydrogens (tertiary/aromatic N) is 1. The van der Waals surface area contributed by atoms with Crippen molar-refractivity contribution in [3.63, 3.8) is 0 Å². The van der Waals surface area contributed by atoms with Crippen LogP contribution in [-0.4, -0.2) is 17.6 Å². The van der Waals surface area contributed by atoms with E-state index in [1.165, 1.54) is 24.2 Å². The largest absolute Gasteiger partial charge is 0.367 e. The summed E-state index contributed by atoms with van der Waals surface area (Å²) < 4.78 is 4.99. The topological polar surface area (TPSA) is 81.2 Å². The lowest BCUT2D eigenvalue weighted by Gasteiger charge is -2.04. The van der Waals surface area contributed by atoms with Crippen LogP contribution >= 0.6 is 11.3 Å². The van der Waals surface area contributed by atoms with E-state index in [0.29, 0.717) is 23.7 Å². The molecule has 0 bridgehead atoms. The quantitative estimate of drug-likeness (QED) is 0.899. The van der Waals surface area contributed by atoms with Crippen LogP contribution in [-0.2, 0) is 0 Å². The van der Waals surface area contributed by atoms with Crippen molar-refractivity contribution in [2.75, 3.05) is 12.3 Å². The third-order valence-corrected chi connectivity index (χ3v) is 4.29. The summed E-state index contributed by atoms with van der Waals surface area (Å²) in [7, 11) is 0. The number of nitrogens with two attached hydrogens (primary N) is 1. The third-order valence-electron chi connectivity index (χ3n) is 3.27. The molecular weight excluding hydrogens is 262 g/mol. The Morgan fingerprint density at radius 3 is 3.05 bits per heavy atom. The molecule has 1 saturated carbocycles. The molecule has 6 heteroatoms. The van der Waals surface area contributed by atoms with Gasteiger partial charge in [-0.2, -0.15) is 0 Å². The van der Waals surface area contributed by atoms with E-state index in [-0.39, 0.29) is 11.8 Å². The summed E-state index contributed by atoms with van der Waals surface area (Å²) in [6, 6.07) is 1.98. The summed E-state index contributed by atoms with van der Waals surface area (Å²) in [5.41, 5.74) is 7.69. The number of thiophene rings is 1. The van der Waals surface area contributed by atoms with Crippen molar-refractivity contribution in [1.29, 1.82) is 0 Å². The van der Waals surface area contributed by atoms with Crippen LogP contribution < -0.4 is 11.1 Å². The van der Waals surface area contributed by atoms with Crippen molar-refractivity contribution in [2.24, 2.45) is 5.92 Å². The number of amides is 1. The van der Waals surface area contributed by atoms with E-state index in [1.54, 1.807) is 0 Å². The number of hydrogen-bond donors (Lipinski definition) is 2. The van der Waals surface area contributed by atoms with Gasteiger partial charge in [-0.1, -0.05) is 5.16 Å². The molecule has 3 rings (SSSR count). The van der Waals surface area contributed by atoms with Gasteiger partial charge < -0.3 is 15.6 Å². The lowest BCUT2D eigenvalue weighted by Crippen LogP contribution is -2.26. The Kier molecular flexibility index (Phi) is 3.02. The van der Waals surface area contributed by atoms with Gasteiger partial charge in [0.25, 0.3) is 5.91 Å². The van der Waals surface area contributed by atoms with E-state index in [0.717, 1.165) is 10.4 Å². The summed E-state index contributed by atoms with van der Waals surface area (Å²) >= 11 is 1.53. The van der Waals surface area contributed by atoms with Crippen LogP contribution in [0.5, 0.6) is 0 Å². The Labute approximate surface area is 114 Å². The normalized spacial score (nSPS) is 14.6. The Morgan fingerprint density at radius 1 is 1.63 bits per heavy atom. The molecule has 2 aromatic heterocycles. The molecule has 5 nitrogen and oxygen atoms in total. The predicted molar refractivity (Wildman–Crippen MR) is 74.0 cm³/mol. The first-order valence-electron chi connectivity index (χ1n) is 6.24. The second kappa shape index (κ2) is 4.70. The van der Waals surface area contributed by atoms with Crippen molar-refractivity contribution in [2.45, 2.75) is 19.8 Å². The maximum absolute atomic E-state index is 12.2. The van der Waals surface area contributed by atoms with E-state index in [4.69, 9.17) is 10.3 Å². The molecule has 2 heterocycles. The minimum absolute atomic E-state index is 0.0797. The highest BCUT2D eigenvalue weighted by Crippen LogP contribution is 2.33. The minimum atomic E-state index is -0.201. The molecular formula is C13H15N3O2S. The molecule has 1 aliphatic carbocycles. The number of aryl methyl sites for hydroxylation is 1. The Balaban J connectivity index is 1.89. The van der Waals surface area contributed by atoms with E-state index in [2.05, 4.69) is 10.5 Å². The zero-order chi connectivity index (χ0) is 13.4. The van der Waals surface area contributed by atoms with Crippen molar-refractivity contribution in [3.05, 3.63) is 22.6 Å². The van der Waals surface area contributed by atoms with E-state index >= 15 is 0 Å². The van der Waals surface area contributed by atoms with Gasteiger partial charge in [-0.05, 0) is 42.7 Å². The standard InChI is InChI=1S/C13H15N3O2S/c1-7-4-5-19-11(7)10-9(12(14)18-16-10)13(17)15-6-8-2-3-8/h4-5,8H,2-3,6,14H2,1H3,(H,15,17). The average Bonchev–Trinajstić information content (AvgIpc) is 3.01. The molecule has 100 valence electrons. The molecule has 0 spiro atoms. The molecule has 0 radical (unpaired) electrons. The van der Waals surface area contributed by atoms with Gasteiger partial charge in [0.15, 0.2) is 0 Å². The van der Waals surface area contributed by atoms with Crippen molar-refractivity contribution in [1.82, 2.24) is 10.5 Å². The zero-order valence-electron chi connectivity index (χ0n) is 10.6. The summed E-state index contributed by atoms with van der Waals surface area (Å²) in [5.74, 6) is 0.501. The zero-order valence-corrected chi connectivity index (χ0v) is 11.4. The SMILES string of the molecule is Cc1ccsc1-c1noc(N)c1C(=O)NCC1CC1. The fourth-order valence-corrected chi connectivity index (χ4v) is 2.85. The molecule has 0 aliphatic heterocycles. The van der Waals surface area contributed by atoms with Gasteiger partial charge in [-0.3, -0.25) is 4.79 Å². The fraction of sp³-hybridized carbons (Fsp3) is 0.385. The summed E-state index contributed by atoms with van der Waals surface area (Å²) in [6.45, 7) is 2.68. The Morgan fingerprint density at radius 2 is 2.42 bits per heavy atom. The first kappa shape index (κ1) is 12.2. The van der Waals surface area contributed by atoms with Crippen LogP contribution in [0.2, 0.25) is 0 Å². The van der Waals surface area contributed by atoms with Gasteiger partial charge in [0.05, 0.1) is 4.88 Å². The predicted octanol–water partition coefficient (Wildman–Crippen LogP) is 2.43. The van der Waals surface area contributed by atoms with E-state index < -0.39 is 0 Å². The molecule has 1 amide bonds. The van der Waals surface area contributed by atoms with Crippen LogP contribution in [0, 0.1) is 12.8 Å². The van der Waals surface area contributed by atoms with Crippen LogP contribution in [0.4, 0.5) is 5.88 Å². The first-order chi connectivity index (χ1) is 9.16. The molecule has 0 atom stereocenters. The van der Waals surface area contributed by atoms with Gasteiger partial charge in [-0.25, -0.2) is 0 Å². The van der Waals surface area contributed by atoms with Gasteiger partial charge in [0.2, 0.25) is 5.88 Å². The number of aromatic nitrogens is 1. The molecule has 1 aliphatic rings. The first-order valence-corrected chi connectivity index (χ1v) is 7.12. The minimum Gasteiger partial charge on any atom is -0.367 e. The van der Waals surface area contributed by atoms with Crippen LogP contribution in [0.15, 0.2) is 16.0 Å². The molecule has 3 N–H and O–H groups in total. The van der Waals surface area contributed by atoms with Crippen LogP contribution in [0.1, 0.15) is 28.8 Å². The number of nitrogens with one attached hydrogen (secondary N) is 1. The van der Waals surface area contributed by atoms with Crippen LogP contribution in [0.3, 0.4) is 0 Å². The highest BCUT2D eigenvalue weighted by Gasteiger charge is 2.26. The van der Waals surface area contributed by atoms with Gasteiger partial charge in [-0.15, -0.1) is 11.3 Å². The lowest BCUT2D eigenvalue weighted by atomic mass is 10.1. The van der Waals surface area contributed by atoms with E-state index in [1.807, 2.05) is 18.4 Å². The number of hydrogen-bond acceptors (Lipinski definition) is 5. The number of rotatable bonds is 4. The van der Waals surface area contributed by atoms with Gasteiger partial charge in [0.1, 0.15) is 11.3 Å². The summed E-state index contributed by atoms with van der Waals surface area (Å²) in [5, 5.41) is 8.79. The van der Waals surface area contributed by atoms with Crippen molar-refractivity contribution in [3.8, 4) is 10.6 Å². The van der Waals surface area contributed by atoms with Gasteiger partial charge >= 0.3 is 0 Å². The number of carbonyl (C=O) groups is 1. The lowest BCUT2D eigenvalue weighted by molar-refractivity contribution is 0.0953. The second-order valence-electron chi connectivity index (χ2n) is 4.86. The maximum atomic E-state index is 12.2. The van der Waals surface area contributed by atoms with E-state index in [9.17, 15) is 4.79 Å². The van der Waals surface area contributed by atoms with Gasteiger partial charge in [0, 0.05) is 6.54 Å². The van der Waals surface area contributed by atoms with Crippen LogP contribution in [0.25, 0.3) is 10.6 Å². The molecule has 0 aromatic carbocycles. The fourth-order valence-electron chi connectivity index (χ4n) is 1.94. The number of nitrogen functional groups attached to an aromatic ring is 1. The van der Waals surface area contributed by atoms with Crippen molar-refractivity contribution >= 4 is 23.1 Å². The maximum Gasteiger partial charge on any atom is 0.259 e. The molecule has 2 aromatic rings. The smallest absolute Gasteiger partial charge is 0.259 e. The molecule has 0 saturated heterocycles. The molecule has 0 unspecified atom stereocenters. The monoisotopic (exact) mass is 277 g/mol.